The molecule has 118 valence electrons. The van der Waals surface area contributed by atoms with Gasteiger partial charge in [-0.3, -0.25) is 0 Å². The quantitative estimate of drug-likeness (QED) is 0.383. The Bertz CT molecular complexity index is 386. The first-order valence-corrected chi connectivity index (χ1v) is 16.4. The zero-order valence-electron chi connectivity index (χ0n) is 14.5. The van der Waals surface area contributed by atoms with Crippen molar-refractivity contribution in [1.29, 1.82) is 0 Å². The Morgan fingerprint density at radius 2 is 1.43 bits per heavy atom. The van der Waals surface area contributed by atoms with Crippen LogP contribution in [0.15, 0.2) is 30.8 Å². The van der Waals surface area contributed by atoms with Gasteiger partial charge in [0.1, 0.15) is 0 Å². The Morgan fingerprint density at radius 1 is 0.905 bits per heavy atom. The normalized spacial score (nSPS) is 11.6. The van der Waals surface area contributed by atoms with Crippen molar-refractivity contribution in [2.75, 3.05) is 0 Å². The van der Waals surface area contributed by atoms with E-state index in [1.807, 2.05) is 6.08 Å². The van der Waals surface area contributed by atoms with Gasteiger partial charge < -0.3 is 0 Å². The fourth-order valence-corrected chi connectivity index (χ4v) is 19.4. The molecule has 1 aromatic carbocycles. The maximum atomic E-state index is 3.96. The van der Waals surface area contributed by atoms with Gasteiger partial charge in [-0.1, -0.05) is 0 Å². The van der Waals surface area contributed by atoms with Crippen LogP contribution in [-0.2, 0) is 0 Å². The Labute approximate surface area is 136 Å². The van der Waals surface area contributed by atoms with Crippen molar-refractivity contribution in [1.82, 2.24) is 0 Å². The monoisotopic (exact) mass is 394 g/mol. The molecule has 0 N–H and O–H groups in total. The zero-order valence-corrected chi connectivity index (χ0v) is 17.3. The van der Waals surface area contributed by atoms with Crippen LogP contribution < -0.4 is 3.58 Å². The molecule has 0 unspecified atom stereocenters. The van der Waals surface area contributed by atoms with Crippen LogP contribution >= 0.6 is 0 Å². The van der Waals surface area contributed by atoms with Crippen LogP contribution in [0.25, 0.3) is 6.08 Å². The molecule has 1 aromatic rings. The summed E-state index contributed by atoms with van der Waals surface area (Å²) in [5.74, 6) is 0. The molecule has 0 fully saturated rings. The predicted molar refractivity (Wildman–Crippen MR) is 101 cm³/mol. The summed E-state index contributed by atoms with van der Waals surface area (Å²) in [7, 11) is 0. The van der Waals surface area contributed by atoms with Gasteiger partial charge >= 0.3 is 137 Å². The van der Waals surface area contributed by atoms with E-state index in [9.17, 15) is 0 Å². The Kier molecular flexibility index (Phi) is 9.38. The third kappa shape index (κ3) is 5.81. The Balaban J connectivity index is 3.11. The van der Waals surface area contributed by atoms with Crippen molar-refractivity contribution in [2.24, 2.45) is 0 Å². The summed E-state index contributed by atoms with van der Waals surface area (Å²) in [5, 5.41) is 0. The van der Waals surface area contributed by atoms with E-state index in [0.717, 1.165) is 0 Å². The summed E-state index contributed by atoms with van der Waals surface area (Å²) in [5.41, 5.74) is 1.32. The Morgan fingerprint density at radius 3 is 1.86 bits per heavy atom. The summed E-state index contributed by atoms with van der Waals surface area (Å²) in [6, 6.07) is 9.39. The first-order valence-electron chi connectivity index (χ1n) is 8.95. The second kappa shape index (κ2) is 10.5. The second-order valence-corrected chi connectivity index (χ2v) is 19.7. The molecule has 0 spiro atoms. The third-order valence-electron chi connectivity index (χ3n) is 4.76. The number of rotatable bonds is 11. The third-order valence-corrected chi connectivity index (χ3v) is 20.4. The van der Waals surface area contributed by atoms with Gasteiger partial charge in [0, 0.05) is 0 Å². The molecule has 0 aromatic heterocycles. The predicted octanol–water partition coefficient (Wildman–Crippen LogP) is 6.39. The molecule has 0 radical (unpaired) electrons. The molecular weight excluding hydrogens is 359 g/mol. The van der Waals surface area contributed by atoms with Gasteiger partial charge in [0.2, 0.25) is 0 Å². The summed E-state index contributed by atoms with van der Waals surface area (Å²) >= 11 is -2.21. The van der Waals surface area contributed by atoms with E-state index < -0.39 is 18.4 Å². The van der Waals surface area contributed by atoms with Crippen molar-refractivity contribution in [3.05, 3.63) is 36.4 Å². The maximum absolute atomic E-state index is 3.96. The molecule has 1 heteroatoms. The van der Waals surface area contributed by atoms with Crippen molar-refractivity contribution < 1.29 is 0 Å². The molecule has 0 atom stereocenters. The van der Waals surface area contributed by atoms with Crippen molar-refractivity contribution in [3.8, 4) is 0 Å². The first-order chi connectivity index (χ1) is 10.2. The molecular formula is C20H34Sn. The standard InChI is InChI=1S/C8H7.3C4H9.Sn/c1-2-8-6-4-3-5-7-8;3*1-3-4-2;/h2-4,6-7H,1H2;3*1,3-4H2,2H3;. The van der Waals surface area contributed by atoms with E-state index >= 15 is 0 Å². The summed E-state index contributed by atoms with van der Waals surface area (Å²) in [4.78, 5) is 0. The van der Waals surface area contributed by atoms with Crippen LogP contribution in [0.1, 0.15) is 64.9 Å². The minimum atomic E-state index is -2.21. The molecule has 0 heterocycles. The van der Waals surface area contributed by atoms with Crippen molar-refractivity contribution in [3.63, 3.8) is 0 Å². The molecule has 0 aliphatic carbocycles. The number of benzene rings is 1. The number of unbranched alkanes of at least 4 members (excludes halogenated alkanes) is 3. The topological polar surface area (TPSA) is 0 Å². The zero-order chi connectivity index (χ0) is 15.6. The molecule has 0 aliphatic rings. The van der Waals surface area contributed by atoms with E-state index in [4.69, 9.17) is 0 Å². The van der Waals surface area contributed by atoms with Gasteiger partial charge in [-0.15, -0.1) is 0 Å². The van der Waals surface area contributed by atoms with Crippen LogP contribution in [-0.4, -0.2) is 18.4 Å². The van der Waals surface area contributed by atoms with Gasteiger partial charge in [-0.25, -0.2) is 0 Å². The number of hydrogen-bond donors (Lipinski definition) is 0. The molecule has 0 bridgehead atoms. The molecule has 1 rings (SSSR count). The van der Waals surface area contributed by atoms with Gasteiger partial charge in [0.25, 0.3) is 0 Å². The fraction of sp³-hybridized carbons (Fsp3) is 0.600. The SMILES string of the molecule is C=Cc1ccc[c]([Sn]([CH2]CCC)([CH2]CCC)[CH2]CCC)c1. The fourth-order valence-electron chi connectivity index (χ4n) is 3.35. The molecule has 21 heavy (non-hydrogen) atoms. The van der Waals surface area contributed by atoms with Crippen LogP contribution in [0.5, 0.6) is 0 Å². The average Bonchev–Trinajstić information content (AvgIpc) is 2.54. The van der Waals surface area contributed by atoms with E-state index in [-0.39, 0.29) is 0 Å². The number of hydrogen-bond acceptors (Lipinski definition) is 0. The Hall–Kier alpha value is -0.241. The van der Waals surface area contributed by atoms with E-state index in [1.54, 1.807) is 16.9 Å². The second-order valence-electron chi connectivity index (χ2n) is 6.42. The van der Waals surface area contributed by atoms with E-state index in [2.05, 4.69) is 51.6 Å². The summed E-state index contributed by atoms with van der Waals surface area (Å²) < 4.78 is 6.40. The van der Waals surface area contributed by atoms with E-state index in [1.165, 1.54) is 44.1 Å². The van der Waals surface area contributed by atoms with Crippen LogP contribution in [0.4, 0.5) is 0 Å². The van der Waals surface area contributed by atoms with Crippen LogP contribution in [0.3, 0.4) is 0 Å². The van der Waals surface area contributed by atoms with Crippen molar-refractivity contribution >= 4 is 28.0 Å². The van der Waals surface area contributed by atoms with Crippen molar-refractivity contribution in [2.45, 2.75) is 72.6 Å². The molecule has 0 saturated heterocycles. The van der Waals surface area contributed by atoms with Gasteiger partial charge in [-0.2, -0.15) is 0 Å². The van der Waals surface area contributed by atoms with Crippen LogP contribution in [0, 0.1) is 0 Å². The summed E-state index contributed by atoms with van der Waals surface area (Å²) in [6.45, 7) is 11.0. The van der Waals surface area contributed by atoms with Gasteiger partial charge in [-0.05, 0) is 0 Å². The molecule has 0 saturated carbocycles. The average molecular weight is 393 g/mol. The van der Waals surface area contributed by atoms with E-state index in [0.29, 0.717) is 0 Å². The molecule has 0 aliphatic heterocycles. The summed E-state index contributed by atoms with van der Waals surface area (Å²) in [6.07, 6.45) is 10.3. The van der Waals surface area contributed by atoms with Gasteiger partial charge in [0.05, 0.1) is 0 Å². The molecule has 0 amide bonds. The first kappa shape index (κ1) is 18.8. The minimum absolute atomic E-state index is 1.32. The van der Waals surface area contributed by atoms with Gasteiger partial charge in [0.15, 0.2) is 0 Å². The van der Waals surface area contributed by atoms with Crippen LogP contribution in [0.2, 0.25) is 13.3 Å². The molecule has 0 nitrogen and oxygen atoms in total.